The number of para-hydroxylation sites is 1. The van der Waals surface area contributed by atoms with Crippen LogP contribution in [-0.2, 0) is 20.9 Å². The number of carbonyl (C=O) groups excluding carboxylic acids is 2. The molecule has 0 unspecified atom stereocenters. The molecule has 0 aliphatic heterocycles. The van der Waals surface area contributed by atoms with Crippen LogP contribution in [0.1, 0.15) is 6.92 Å². The zero-order valence-electron chi connectivity index (χ0n) is 17.4. The minimum Gasteiger partial charge on any atom is -0.465 e. The fraction of sp³-hybridized carbons (Fsp3) is 0.167. The van der Waals surface area contributed by atoms with Gasteiger partial charge in [-0.15, -0.1) is 11.3 Å². The molecule has 0 radical (unpaired) electrons. The van der Waals surface area contributed by atoms with Crippen molar-refractivity contribution in [1.29, 1.82) is 0 Å². The van der Waals surface area contributed by atoms with Crippen LogP contribution in [0.25, 0.3) is 20.7 Å². The predicted molar refractivity (Wildman–Crippen MR) is 125 cm³/mol. The fourth-order valence-corrected chi connectivity index (χ4v) is 4.37. The Bertz CT molecular complexity index is 1300. The SMILES string of the molecule is CCOC(=O)CN(C(=O)Cn1cnc2cc(-c3ccccc3)sc2c1=O)c1ccccc1. The van der Waals surface area contributed by atoms with Crippen molar-refractivity contribution in [2.24, 2.45) is 0 Å². The summed E-state index contributed by atoms with van der Waals surface area (Å²) in [6.45, 7) is 1.45. The first-order chi connectivity index (χ1) is 15.6. The Morgan fingerprint density at radius 1 is 1.06 bits per heavy atom. The van der Waals surface area contributed by atoms with Crippen molar-refractivity contribution in [1.82, 2.24) is 9.55 Å². The topological polar surface area (TPSA) is 81.5 Å². The van der Waals surface area contributed by atoms with E-state index in [4.69, 9.17) is 4.74 Å². The standard InChI is InChI=1S/C24H21N3O4S/c1-2-31-22(29)15-27(18-11-7-4-8-12-18)21(28)14-26-16-25-19-13-20(32-23(19)24(26)30)17-9-5-3-6-10-17/h3-13,16H,2,14-15H2,1H3. The lowest BCUT2D eigenvalue weighted by Gasteiger charge is -2.22. The summed E-state index contributed by atoms with van der Waals surface area (Å²) >= 11 is 1.35. The van der Waals surface area contributed by atoms with Crippen molar-refractivity contribution in [2.75, 3.05) is 18.1 Å². The zero-order valence-corrected chi connectivity index (χ0v) is 18.2. The molecule has 2 heterocycles. The molecule has 0 aliphatic carbocycles. The summed E-state index contributed by atoms with van der Waals surface area (Å²) in [7, 11) is 0. The van der Waals surface area contributed by atoms with Gasteiger partial charge in [-0.2, -0.15) is 0 Å². The van der Waals surface area contributed by atoms with Gasteiger partial charge in [0.05, 0.1) is 18.5 Å². The van der Waals surface area contributed by atoms with E-state index >= 15 is 0 Å². The van der Waals surface area contributed by atoms with Crippen LogP contribution in [-0.4, -0.2) is 34.6 Å². The molecule has 0 fully saturated rings. The summed E-state index contributed by atoms with van der Waals surface area (Å²) in [6.07, 6.45) is 1.37. The minimum atomic E-state index is -0.517. The van der Waals surface area contributed by atoms with E-state index in [1.807, 2.05) is 42.5 Å². The van der Waals surface area contributed by atoms with Crippen molar-refractivity contribution < 1.29 is 14.3 Å². The Hall–Kier alpha value is -3.78. The fourth-order valence-electron chi connectivity index (χ4n) is 3.30. The summed E-state index contributed by atoms with van der Waals surface area (Å²) in [5.74, 6) is -0.927. The molecule has 0 saturated heterocycles. The largest absolute Gasteiger partial charge is 0.465 e. The number of aromatic nitrogens is 2. The highest BCUT2D eigenvalue weighted by Crippen LogP contribution is 2.30. The second kappa shape index (κ2) is 9.57. The maximum absolute atomic E-state index is 13.1. The second-order valence-corrected chi connectivity index (χ2v) is 8.04. The molecule has 162 valence electrons. The van der Waals surface area contributed by atoms with Gasteiger partial charge in [0.25, 0.3) is 5.56 Å². The predicted octanol–water partition coefficient (Wildman–Crippen LogP) is 3.72. The molecular weight excluding hydrogens is 426 g/mol. The number of thiophene rings is 1. The first kappa shape index (κ1) is 21.5. The van der Waals surface area contributed by atoms with Crippen LogP contribution in [0.5, 0.6) is 0 Å². The Kier molecular flexibility index (Phi) is 6.42. The van der Waals surface area contributed by atoms with Crippen LogP contribution < -0.4 is 10.5 Å². The van der Waals surface area contributed by atoms with E-state index in [0.29, 0.717) is 15.9 Å². The van der Waals surface area contributed by atoms with E-state index in [0.717, 1.165) is 10.4 Å². The van der Waals surface area contributed by atoms with Crippen LogP contribution in [0.2, 0.25) is 0 Å². The first-order valence-corrected chi connectivity index (χ1v) is 10.9. The Morgan fingerprint density at radius 3 is 2.44 bits per heavy atom. The van der Waals surface area contributed by atoms with Crippen molar-refractivity contribution in [2.45, 2.75) is 13.5 Å². The summed E-state index contributed by atoms with van der Waals surface area (Å²) in [6, 6.07) is 20.5. The van der Waals surface area contributed by atoms with Gasteiger partial charge >= 0.3 is 5.97 Å². The van der Waals surface area contributed by atoms with Gasteiger partial charge in [-0.3, -0.25) is 23.9 Å². The first-order valence-electron chi connectivity index (χ1n) is 10.1. The second-order valence-electron chi connectivity index (χ2n) is 6.99. The van der Waals surface area contributed by atoms with Gasteiger partial charge in [-0.05, 0) is 30.7 Å². The monoisotopic (exact) mass is 447 g/mol. The quantitative estimate of drug-likeness (QED) is 0.403. The molecule has 0 spiro atoms. The molecule has 4 rings (SSSR count). The van der Waals surface area contributed by atoms with Gasteiger partial charge in [0, 0.05) is 10.6 Å². The Labute approximate surface area is 188 Å². The summed E-state index contributed by atoms with van der Waals surface area (Å²) in [4.78, 5) is 44.9. The summed E-state index contributed by atoms with van der Waals surface area (Å²) < 4.78 is 6.77. The number of benzene rings is 2. The molecule has 7 nitrogen and oxygen atoms in total. The molecule has 32 heavy (non-hydrogen) atoms. The smallest absolute Gasteiger partial charge is 0.326 e. The highest BCUT2D eigenvalue weighted by Gasteiger charge is 2.21. The Morgan fingerprint density at radius 2 is 1.75 bits per heavy atom. The molecule has 0 saturated carbocycles. The number of rotatable bonds is 7. The summed E-state index contributed by atoms with van der Waals surface area (Å²) in [5.41, 5.74) is 1.85. The van der Waals surface area contributed by atoms with E-state index in [9.17, 15) is 14.4 Å². The lowest BCUT2D eigenvalue weighted by molar-refractivity contribution is -0.142. The van der Waals surface area contributed by atoms with Gasteiger partial charge in [-0.1, -0.05) is 48.5 Å². The number of fused-ring (bicyclic) bond motifs is 1. The van der Waals surface area contributed by atoms with Gasteiger partial charge in [-0.25, -0.2) is 4.98 Å². The van der Waals surface area contributed by atoms with E-state index < -0.39 is 11.9 Å². The van der Waals surface area contributed by atoms with Crippen LogP contribution >= 0.6 is 11.3 Å². The third-order valence-electron chi connectivity index (χ3n) is 4.83. The van der Waals surface area contributed by atoms with E-state index in [2.05, 4.69) is 4.98 Å². The lowest BCUT2D eigenvalue weighted by atomic mass is 10.2. The number of hydrogen-bond acceptors (Lipinski definition) is 6. The van der Waals surface area contributed by atoms with Gasteiger partial charge < -0.3 is 4.74 Å². The highest BCUT2D eigenvalue weighted by atomic mass is 32.1. The maximum Gasteiger partial charge on any atom is 0.326 e. The lowest BCUT2D eigenvalue weighted by Crippen LogP contribution is -2.40. The Balaban J connectivity index is 1.63. The average molecular weight is 448 g/mol. The molecule has 0 atom stereocenters. The molecule has 0 N–H and O–H groups in total. The van der Waals surface area contributed by atoms with Gasteiger partial charge in [0.15, 0.2) is 0 Å². The molecule has 4 aromatic rings. The maximum atomic E-state index is 13.1. The molecular formula is C24H21N3O4S. The third kappa shape index (κ3) is 4.60. The molecule has 2 aromatic heterocycles. The van der Waals surface area contributed by atoms with Crippen LogP contribution in [0.3, 0.4) is 0 Å². The minimum absolute atomic E-state index is 0.220. The number of carbonyl (C=O) groups is 2. The molecule has 8 heteroatoms. The number of amides is 1. The average Bonchev–Trinajstić information content (AvgIpc) is 3.26. The molecule has 0 aliphatic rings. The van der Waals surface area contributed by atoms with Crippen molar-refractivity contribution in [3.05, 3.63) is 83.4 Å². The number of esters is 1. The zero-order chi connectivity index (χ0) is 22.5. The summed E-state index contributed by atoms with van der Waals surface area (Å²) in [5, 5.41) is 0. The van der Waals surface area contributed by atoms with Crippen molar-refractivity contribution in [3.63, 3.8) is 0 Å². The van der Waals surface area contributed by atoms with Gasteiger partial charge in [0.1, 0.15) is 17.8 Å². The van der Waals surface area contributed by atoms with E-state index in [1.54, 1.807) is 31.2 Å². The third-order valence-corrected chi connectivity index (χ3v) is 5.99. The normalized spacial score (nSPS) is 10.8. The highest BCUT2D eigenvalue weighted by molar-refractivity contribution is 7.22. The van der Waals surface area contributed by atoms with Crippen molar-refractivity contribution in [3.8, 4) is 10.4 Å². The van der Waals surface area contributed by atoms with Crippen LogP contribution in [0.15, 0.2) is 77.9 Å². The number of ether oxygens (including phenoxy) is 1. The molecule has 0 bridgehead atoms. The molecule has 1 amide bonds. The molecule has 2 aromatic carbocycles. The number of anilines is 1. The van der Waals surface area contributed by atoms with Crippen LogP contribution in [0, 0.1) is 0 Å². The van der Waals surface area contributed by atoms with Crippen molar-refractivity contribution >= 4 is 39.1 Å². The van der Waals surface area contributed by atoms with Gasteiger partial charge in [0.2, 0.25) is 5.91 Å². The van der Waals surface area contributed by atoms with E-state index in [-0.39, 0.29) is 25.3 Å². The number of nitrogens with zero attached hydrogens (tertiary/aromatic N) is 3. The van der Waals surface area contributed by atoms with Crippen LogP contribution in [0.4, 0.5) is 5.69 Å². The number of hydrogen-bond donors (Lipinski definition) is 0. The van der Waals surface area contributed by atoms with E-state index in [1.165, 1.54) is 27.1 Å².